The van der Waals surface area contributed by atoms with E-state index in [4.69, 9.17) is 9.47 Å². The van der Waals surface area contributed by atoms with Crippen LogP contribution in [0, 0.1) is 5.92 Å². The molecule has 1 aliphatic heterocycles. The molecule has 1 saturated heterocycles. The van der Waals surface area contributed by atoms with Crippen LogP contribution in [0.15, 0.2) is 18.2 Å². The van der Waals surface area contributed by atoms with Crippen molar-refractivity contribution in [3.63, 3.8) is 0 Å². The first-order valence-corrected chi connectivity index (χ1v) is 8.90. The van der Waals surface area contributed by atoms with Crippen molar-refractivity contribution in [1.82, 2.24) is 10.2 Å². The maximum atomic E-state index is 12.2. The van der Waals surface area contributed by atoms with Gasteiger partial charge in [-0.2, -0.15) is 0 Å². The quantitative estimate of drug-likeness (QED) is 0.813. The number of hydrogen-bond acceptors (Lipinski definition) is 5. The zero-order valence-electron chi connectivity index (χ0n) is 14.5. The Labute approximate surface area is 146 Å². The summed E-state index contributed by atoms with van der Waals surface area (Å²) in [6.07, 6.45) is 0. The minimum Gasteiger partial charge on any atom is -0.497 e. The number of benzene rings is 1. The maximum absolute atomic E-state index is 12.2. The second-order valence-corrected chi connectivity index (χ2v) is 7.06. The van der Waals surface area contributed by atoms with Gasteiger partial charge >= 0.3 is 0 Å². The summed E-state index contributed by atoms with van der Waals surface area (Å²) >= 11 is 1.49. The van der Waals surface area contributed by atoms with Crippen molar-refractivity contribution in [3.05, 3.63) is 23.8 Å². The van der Waals surface area contributed by atoms with Gasteiger partial charge in [-0.05, 0) is 24.1 Å². The van der Waals surface area contributed by atoms with Crippen molar-refractivity contribution < 1.29 is 19.1 Å². The number of nitrogens with one attached hydrogen (secondary N) is 1. The number of carbonyl (C=O) groups excluding carboxylic acids is 2. The predicted molar refractivity (Wildman–Crippen MR) is 94.3 cm³/mol. The fraction of sp³-hybridized carbons (Fsp3) is 0.529. The van der Waals surface area contributed by atoms with Crippen molar-refractivity contribution in [3.8, 4) is 11.5 Å². The number of amides is 2. The van der Waals surface area contributed by atoms with Crippen molar-refractivity contribution in [1.29, 1.82) is 0 Å². The number of thioether (sulfide) groups is 1. The minimum atomic E-state index is -0.257. The Kier molecular flexibility index (Phi) is 6.36. The number of carbonyl (C=O) groups is 2. The second kappa shape index (κ2) is 8.28. The van der Waals surface area contributed by atoms with Gasteiger partial charge in [-0.25, -0.2) is 0 Å². The highest BCUT2D eigenvalue weighted by Gasteiger charge is 2.36. The van der Waals surface area contributed by atoms with Gasteiger partial charge in [0.15, 0.2) is 0 Å². The normalized spacial score (nSPS) is 17.3. The summed E-state index contributed by atoms with van der Waals surface area (Å²) < 4.78 is 10.7. The highest BCUT2D eigenvalue weighted by molar-refractivity contribution is 8.00. The lowest BCUT2D eigenvalue weighted by Gasteiger charge is -2.25. The Morgan fingerprint density at radius 1 is 1.38 bits per heavy atom. The zero-order valence-corrected chi connectivity index (χ0v) is 15.3. The second-order valence-electron chi connectivity index (χ2n) is 5.99. The van der Waals surface area contributed by atoms with Gasteiger partial charge in [0.05, 0.1) is 20.0 Å². The van der Waals surface area contributed by atoms with Gasteiger partial charge in [-0.15, -0.1) is 11.8 Å². The largest absolute Gasteiger partial charge is 0.497 e. The van der Waals surface area contributed by atoms with Crippen LogP contribution in [0.4, 0.5) is 0 Å². The molecule has 1 fully saturated rings. The number of methoxy groups -OCH3 is 2. The van der Waals surface area contributed by atoms with Crippen LogP contribution < -0.4 is 14.8 Å². The maximum Gasteiger partial charge on any atom is 0.239 e. The van der Waals surface area contributed by atoms with Gasteiger partial charge < -0.3 is 19.7 Å². The van der Waals surface area contributed by atoms with E-state index in [1.165, 1.54) is 11.8 Å². The summed E-state index contributed by atoms with van der Waals surface area (Å²) in [7, 11) is 3.18. The van der Waals surface area contributed by atoms with E-state index in [0.29, 0.717) is 29.7 Å². The van der Waals surface area contributed by atoms with Crippen molar-refractivity contribution >= 4 is 23.6 Å². The monoisotopic (exact) mass is 352 g/mol. The van der Waals surface area contributed by atoms with Crippen LogP contribution in [0.25, 0.3) is 0 Å². The Hall–Kier alpha value is -1.89. The predicted octanol–water partition coefficient (Wildman–Crippen LogP) is 2.05. The van der Waals surface area contributed by atoms with E-state index >= 15 is 0 Å². The molecule has 0 spiro atoms. The standard InChI is InChI=1S/C17H24N2O4S/c1-11(2)8-18-15(20)9-19-16(21)10-24-17(19)13-7-12(22-3)5-6-14(13)23-4/h5-7,11,17H,8-10H2,1-4H3,(H,18,20). The highest BCUT2D eigenvalue weighted by atomic mass is 32.2. The SMILES string of the molecule is COc1ccc(OC)c(C2SCC(=O)N2CC(=O)NCC(C)C)c1. The molecular formula is C17H24N2O4S. The zero-order chi connectivity index (χ0) is 17.7. The summed E-state index contributed by atoms with van der Waals surface area (Å²) in [5.41, 5.74) is 0.837. The summed E-state index contributed by atoms with van der Waals surface area (Å²) in [5, 5.41) is 2.60. The fourth-order valence-electron chi connectivity index (χ4n) is 2.44. The first-order valence-electron chi connectivity index (χ1n) is 7.86. The van der Waals surface area contributed by atoms with E-state index in [9.17, 15) is 9.59 Å². The third-order valence-electron chi connectivity index (χ3n) is 3.69. The third-order valence-corrected chi connectivity index (χ3v) is 4.93. The molecule has 1 aromatic rings. The topological polar surface area (TPSA) is 67.9 Å². The van der Waals surface area contributed by atoms with Crippen LogP contribution in [-0.2, 0) is 9.59 Å². The Morgan fingerprint density at radius 3 is 2.75 bits per heavy atom. The summed E-state index contributed by atoms with van der Waals surface area (Å²) in [5.74, 6) is 1.89. The Morgan fingerprint density at radius 2 is 2.12 bits per heavy atom. The van der Waals surface area contributed by atoms with Gasteiger partial charge in [-0.3, -0.25) is 9.59 Å². The summed E-state index contributed by atoms with van der Waals surface area (Å²) in [4.78, 5) is 26.0. The lowest BCUT2D eigenvalue weighted by atomic mass is 10.1. The molecule has 1 N–H and O–H groups in total. The number of ether oxygens (including phenoxy) is 2. The number of nitrogens with zero attached hydrogens (tertiary/aromatic N) is 1. The molecule has 1 atom stereocenters. The minimum absolute atomic E-state index is 0.0452. The van der Waals surface area contributed by atoms with Crippen LogP contribution in [0.3, 0.4) is 0 Å². The Bertz CT molecular complexity index is 606. The molecule has 0 radical (unpaired) electrons. The van der Waals surface area contributed by atoms with E-state index in [-0.39, 0.29) is 23.7 Å². The summed E-state index contributed by atoms with van der Waals surface area (Å²) in [6.45, 7) is 4.70. The average Bonchev–Trinajstić information content (AvgIpc) is 2.93. The van der Waals surface area contributed by atoms with E-state index in [0.717, 1.165) is 5.56 Å². The molecule has 7 heteroatoms. The molecule has 2 amide bonds. The van der Waals surface area contributed by atoms with Crippen LogP contribution in [0.1, 0.15) is 24.8 Å². The summed E-state index contributed by atoms with van der Waals surface area (Å²) in [6, 6.07) is 5.48. The first-order chi connectivity index (χ1) is 11.5. The highest BCUT2D eigenvalue weighted by Crippen LogP contribution is 2.43. The molecule has 1 heterocycles. The van der Waals surface area contributed by atoms with Crippen LogP contribution >= 0.6 is 11.8 Å². The van der Waals surface area contributed by atoms with E-state index in [1.54, 1.807) is 19.1 Å². The van der Waals surface area contributed by atoms with Crippen molar-refractivity contribution in [2.75, 3.05) is 33.1 Å². The molecule has 132 valence electrons. The van der Waals surface area contributed by atoms with Crippen LogP contribution in [0.2, 0.25) is 0 Å². The molecular weight excluding hydrogens is 328 g/mol. The molecule has 1 unspecified atom stereocenters. The number of rotatable bonds is 7. The smallest absolute Gasteiger partial charge is 0.239 e. The first kappa shape index (κ1) is 18.4. The van der Waals surface area contributed by atoms with E-state index in [2.05, 4.69) is 5.32 Å². The lowest BCUT2D eigenvalue weighted by Crippen LogP contribution is -2.40. The van der Waals surface area contributed by atoms with Gasteiger partial charge in [0.25, 0.3) is 0 Å². The molecule has 6 nitrogen and oxygen atoms in total. The fourth-order valence-corrected chi connectivity index (χ4v) is 3.65. The molecule has 24 heavy (non-hydrogen) atoms. The van der Waals surface area contributed by atoms with Crippen LogP contribution in [0.5, 0.6) is 11.5 Å². The Balaban J connectivity index is 2.19. The molecule has 0 bridgehead atoms. The molecule has 0 saturated carbocycles. The van der Waals surface area contributed by atoms with Crippen LogP contribution in [-0.4, -0.2) is 49.8 Å². The average molecular weight is 352 g/mol. The molecule has 0 aromatic heterocycles. The molecule has 2 rings (SSSR count). The van der Waals surface area contributed by atoms with E-state index < -0.39 is 0 Å². The lowest BCUT2D eigenvalue weighted by molar-refractivity contribution is -0.133. The van der Waals surface area contributed by atoms with Gasteiger partial charge in [0.1, 0.15) is 23.4 Å². The molecule has 1 aromatic carbocycles. The molecule has 0 aliphatic carbocycles. The number of hydrogen-bond donors (Lipinski definition) is 1. The third kappa shape index (κ3) is 4.35. The molecule has 1 aliphatic rings. The van der Waals surface area contributed by atoms with Gasteiger partial charge in [-0.1, -0.05) is 13.8 Å². The van der Waals surface area contributed by atoms with Gasteiger partial charge in [0.2, 0.25) is 11.8 Å². The van der Waals surface area contributed by atoms with Crippen molar-refractivity contribution in [2.45, 2.75) is 19.2 Å². The van der Waals surface area contributed by atoms with E-state index in [1.807, 2.05) is 32.0 Å². The van der Waals surface area contributed by atoms with Crippen molar-refractivity contribution in [2.24, 2.45) is 5.92 Å². The van der Waals surface area contributed by atoms with Gasteiger partial charge in [0, 0.05) is 12.1 Å².